The fourth-order valence-corrected chi connectivity index (χ4v) is 1.74. The molecular weight excluding hydrogens is 254 g/mol. The second kappa shape index (κ2) is 6.27. The SMILES string of the molecule is COc1cc(Cl)cc(CNCC(C)(C)CO)c1O. The van der Waals surface area contributed by atoms with Crippen LogP contribution in [0.2, 0.25) is 5.02 Å². The van der Waals surface area contributed by atoms with Gasteiger partial charge >= 0.3 is 0 Å². The molecular formula is C13H20ClNO3. The van der Waals surface area contributed by atoms with E-state index in [0.29, 0.717) is 29.4 Å². The number of methoxy groups -OCH3 is 1. The molecule has 0 heterocycles. The van der Waals surface area contributed by atoms with Gasteiger partial charge in [-0.25, -0.2) is 0 Å². The standard InChI is InChI=1S/C13H20ClNO3/c1-13(2,8-16)7-15-6-9-4-10(14)5-11(18-3)12(9)17/h4-5,15-17H,6-8H2,1-3H3. The predicted molar refractivity (Wildman–Crippen MR) is 72.2 cm³/mol. The fraction of sp³-hybridized carbons (Fsp3) is 0.538. The first-order valence-electron chi connectivity index (χ1n) is 5.76. The van der Waals surface area contributed by atoms with Crippen molar-refractivity contribution in [3.63, 3.8) is 0 Å². The number of hydrogen-bond acceptors (Lipinski definition) is 4. The first-order valence-corrected chi connectivity index (χ1v) is 6.14. The van der Waals surface area contributed by atoms with Crippen LogP contribution in [0, 0.1) is 5.41 Å². The lowest BCUT2D eigenvalue weighted by Gasteiger charge is -2.22. The lowest BCUT2D eigenvalue weighted by molar-refractivity contribution is 0.156. The summed E-state index contributed by atoms with van der Waals surface area (Å²) in [6, 6.07) is 3.26. The van der Waals surface area contributed by atoms with Gasteiger partial charge in [0.05, 0.1) is 7.11 Å². The van der Waals surface area contributed by atoms with Gasteiger partial charge in [0.25, 0.3) is 0 Å². The Hall–Kier alpha value is -0.970. The third-order valence-electron chi connectivity index (χ3n) is 2.69. The van der Waals surface area contributed by atoms with Crippen LogP contribution < -0.4 is 10.1 Å². The molecule has 0 radical (unpaired) electrons. The topological polar surface area (TPSA) is 61.7 Å². The van der Waals surface area contributed by atoms with Crippen LogP contribution in [-0.2, 0) is 6.54 Å². The van der Waals surface area contributed by atoms with Crippen LogP contribution in [-0.4, -0.2) is 30.5 Å². The van der Waals surface area contributed by atoms with Gasteiger partial charge in [-0.05, 0) is 6.07 Å². The average molecular weight is 274 g/mol. The molecule has 0 unspecified atom stereocenters. The maximum Gasteiger partial charge on any atom is 0.162 e. The molecule has 0 aliphatic carbocycles. The maximum atomic E-state index is 9.93. The molecule has 0 saturated carbocycles. The number of aliphatic hydroxyl groups is 1. The highest BCUT2D eigenvalue weighted by atomic mass is 35.5. The summed E-state index contributed by atoms with van der Waals surface area (Å²) < 4.78 is 5.03. The van der Waals surface area contributed by atoms with E-state index in [1.807, 2.05) is 13.8 Å². The minimum absolute atomic E-state index is 0.0937. The first kappa shape index (κ1) is 15.1. The van der Waals surface area contributed by atoms with Gasteiger partial charge in [-0.1, -0.05) is 25.4 Å². The van der Waals surface area contributed by atoms with Gasteiger partial charge in [-0.3, -0.25) is 0 Å². The second-order valence-electron chi connectivity index (χ2n) is 5.04. The second-order valence-corrected chi connectivity index (χ2v) is 5.48. The molecule has 0 spiro atoms. The van der Waals surface area contributed by atoms with Crippen molar-refractivity contribution < 1.29 is 14.9 Å². The molecule has 1 rings (SSSR count). The number of phenolic OH excluding ortho intramolecular Hbond substituents is 1. The monoisotopic (exact) mass is 273 g/mol. The molecule has 1 aromatic rings. The van der Waals surface area contributed by atoms with Crippen LogP contribution in [0.1, 0.15) is 19.4 Å². The molecule has 18 heavy (non-hydrogen) atoms. The molecule has 5 heteroatoms. The normalized spacial score (nSPS) is 11.6. The minimum atomic E-state index is -0.196. The van der Waals surface area contributed by atoms with Crippen LogP contribution in [0.25, 0.3) is 0 Å². The summed E-state index contributed by atoms with van der Waals surface area (Å²) in [5, 5.41) is 22.8. The summed E-state index contributed by atoms with van der Waals surface area (Å²) in [6.45, 7) is 5.12. The number of aromatic hydroxyl groups is 1. The highest BCUT2D eigenvalue weighted by Crippen LogP contribution is 2.33. The molecule has 4 nitrogen and oxygen atoms in total. The number of aliphatic hydroxyl groups excluding tert-OH is 1. The molecule has 0 aromatic heterocycles. The molecule has 0 aliphatic rings. The summed E-state index contributed by atoms with van der Waals surface area (Å²) in [7, 11) is 1.48. The van der Waals surface area contributed by atoms with Crippen LogP contribution in [0.15, 0.2) is 12.1 Å². The molecule has 3 N–H and O–H groups in total. The van der Waals surface area contributed by atoms with Crippen molar-refractivity contribution >= 4 is 11.6 Å². The zero-order valence-electron chi connectivity index (χ0n) is 11.0. The van der Waals surface area contributed by atoms with Crippen molar-refractivity contribution in [1.29, 1.82) is 0 Å². The summed E-state index contributed by atoms with van der Waals surface area (Å²) in [6.07, 6.45) is 0. The van der Waals surface area contributed by atoms with Crippen LogP contribution in [0.4, 0.5) is 0 Å². The number of benzene rings is 1. The quantitative estimate of drug-likeness (QED) is 0.743. The Balaban J connectivity index is 2.70. The van der Waals surface area contributed by atoms with Crippen molar-refractivity contribution in [3.8, 4) is 11.5 Å². The zero-order valence-corrected chi connectivity index (χ0v) is 11.7. The number of nitrogens with one attached hydrogen (secondary N) is 1. The van der Waals surface area contributed by atoms with E-state index in [4.69, 9.17) is 21.4 Å². The Labute approximate surface area is 113 Å². The third-order valence-corrected chi connectivity index (χ3v) is 2.90. The van der Waals surface area contributed by atoms with Crippen molar-refractivity contribution in [2.24, 2.45) is 5.41 Å². The number of phenols is 1. The van der Waals surface area contributed by atoms with Crippen LogP contribution in [0.5, 0.6) is 11.5 Å². The number of hydrogen-bond donors (Lipinski definition) is 3. The largest absolute Gasteiger partial charge is 0.504 e. The van der Waals surface area contributed by atoms with Gasteiger partial charge < -0.3 is 20.3 Å². The average Bonchev–Trinajstić information content (AvgIpc) is 2.33. The molecule has 102 valence electrons. The molecule has 0 atom stereocenters. The lowest BCUT2D eigenvalue weighted by atomic mass is 9.95. The van der Waals surface area contributed by atoms with E-state index in [1.54, 1.807) is 12.1 Å². The number of halogens is 1. The van der Waals surface area contributed by atoms with E-state index in [9.17, 15) is 5.11 Å². The van der Waals surface area contributed by atoms with Crippen LogP contribution in [0.3, 0.4) is 0 Å². The summed E-state index contributed by atoms with van der Waals surface area (Å²) in [5.74, 6) is 0.455. The van der Waals surface area contributed by atoms with Gasteiger partial charge in [0.1, 0.15) is 0 Å². The smallest absolute Gasteiger partial charge is 0.162 e. The molecule has 0 fully saturated rings. The Morgan fingerprint density at radius 1 is 1.39 bits per heavy atom. The van der Waals surface area contributed by atoms with E-state index in [1.165, 1.54) is 7.11 Å². The lowest BCUT2D eigenvalue weighted by Crippen LogP contribution is -2.31. The van der Waals surface area contributed by atoms with E-state index in [2.05, 4.69) is 5.32 Å². The predicted octanol–water partition coefficient (Wildman–Crippen LogP) is 2.16. The Morgan fingerprint density at radius 2 is 2.06 bits per heavy atom. The van der Waals surface area contributed by atoms with Crippen molar-refractivity contribution in [1.82, 2.24) is 5.32 Å². The molecule has 0 saturated heterocycles. The van der Waals surface area contributed by atoms with Gasteiger partial charge in [-0.2, -0.15) is 0 Å². The van der Waals surface area contributed by atoms with Gasteiger partial charge in [0, 0.05) is 41.8 Å². The molecule has 1 aromatic carbocycles. The minimum Gasteiger partial charge on any atom is -0.504 e. The highest BCUT2D eigenvalue weighted by Gasteiger charge is 2.16. The van der Waals surface area contributed by atoms with E-state index < -0.39 is 0 Å². The molecule has 0 bridgehead atoms. The van der Waals surface area contributed by atoms with E-state index >= 15 is 0 Å². The highest BCUT2D eigenvalue weighted by molar-refractivity contribution is 6.30. The van der Waals surface area contributed by atoms with E-state index in [-0.39, 0.29) is 17.8 Å². The summed E-state index contributed by atoms with van der Waals surface area (Å²) in [4.78, 5) is 0. The molecule has 0 amide bonds. The Bertz CT molecular complexity index is 407. The number of ether oxygens (including phenoxy) is 1. The summed E-state index contributed by atoms with van der Waals surface area (Å²) in [5.41, 5.74) is 0.478. The zero-order chi connectivity index (χ0) is 13.8. The number of rotatable bonds is 6. The summed E-state index contributed by atoms with van der Waals surface area (Å²) >= 11 is 5.94. The maximum absolute atomic E-state index is 9.93. The van der Waals surface area contributed by atoms with Gasteiger partial charge in [0.2, 0.25) is 0 Å². The van der Waals surface area contributed by atoms with Gasteiger partial charge in [0.15, 0.2) is 11.5 Å². The Kier molecular flexibility index (Phi) is 5.26. The Morgan fingerprint density at radius 3 is 2.61 bits per heavy atom. The first-order chi connectivity index (χ1) is 8.39. The van der Waals surface area contributed by atoms with Crippen LogP contribution >= 0.6 is 11.6 Å². The van der Waals surface area contributed by atoms with Crippen molar-refractivity contribution in [2.75, 3.05) is 20.3 Å². The van der Waals surface area contributed by atoms with E-state index in [0.717, 1.165) is 0 Å². The van der Waals surface area contributed by atoms with Gasteiger partial charge in [-0.15, -0.1) is 0 Å². The van der Waals surface area contributed by atoms with Crippen molar-refractivity contribution in [2.45, 2.75) is 20.4 Å². The third kappa shape index (κ3) is 4.05. The fourth-order valence-electron chi connectivity index (χ4n) is 1.51. The van der Waals surface area contributed by atoms with Crippen molar-refractivity contribution in [3.05, 3.63) is 22.7 Å². The molecule has 0 aliphatic heterocycles.